The molecule has 0 spiro atoms. The lowest BCUT2D eigenvalue weighted by Gasteiger charge is -2.32. The number of hydrogen-bond acceptors (Lipinski definition) is 6. The number of hydrogen-bond donors (Lipinski definition) is 1. The lowest BCUT2D eigenvalue weighted by Crippen LogP contribution is -2.34. The first-order chi connectivity index (χ1) is 12.6. The molecule has 0 saturated carbocycles. The van der Waals surface area contributed by atoms with Crippen molar-refractivity contribution in [3.8, 4) is 0 Å². The number of rotatable bonds is 4. The molecule has 1 aliphatic rings. The molecule has 3 aromatic heterocycles. The Morgan fingerprint density at radius 1 is 1.23 bits per heavy atom. The number of aromatic nitrogens is 5. The minimum atomic E-state index is 0.391. The minimum Gasteiger partial charge on any atom is -0.384 e. The van der Waals surface area contributed by atoms with Crippen LogP contribution in [0.2, 0.25) is 0 Å². The second-order valence-corrected chi connectivity index (χ2v) is 7.10. The fourth-order valence-electron chi connectivity index (χ4n) is 3.69. The van der Waals surface area contributed by atoms with Crippen molar-refractivity contribution in [3.05, 3.63) is 47.3 Å². The topological polar surface area (TPSA) is 85.2 Å². The maximum Gasteiger partial charge on any atom is 0.157 e. The second-order valence-electron chi connectivity index (χ2n) is 7.10. The summed E-state index contributed by atoms with van der Waals surface area (Å²) in [5, 5.41) is 4.39. The van der Waals surface area contributed by atoms with Gasteiger partial charge >= 0.3 is 0 Å². The van der Waals surface area contributed by atoms with Crippen molar-refractivity contribution in [2.45, 2.75) is 45.6 Å². The van der Waals surface area contributed by atoms with Gasteiger partial charge in [0.15, 0.2) is 5.65 Å². The van der Waals surface area contributed by atoms with Crippen molar-refractivity contribution in [2.75, 3.05) is 18.8 Å². The zero-order chi connectivity index (χ0) is 18.1. The van der Waals surface area contributed by atoms with Gasteiger partial charge in [0.1, 0.15) is 11.6 Å². The number of nitrogen functional groups attached to an aromatic ring is 1. The number of likely N-dealkylation sites (tertiary alicyclic amines) is 1. The third kappa shape index (κ3) is 3.39. The quantitative estimate of drug-likeness (QED) is 0.777. The molecular weight excluding hydrogens is 326 g/mol. The highest BCUT2D eigenvalue weighted by molar-refractivity contribution is 5.48. The summed E-state index contributed by atoms with van der Waals surface area (Å²) >= 11 is 0. The van der Waals surface area contributed by atoms with Gasteiger partial charge in [0.05, 0.1) is 11.4 Å². The third-order valence-corrected chi connectivity index (χ3v) is 5.00. The number of fused-ring (bicyclic) bond motifs is 1. The van der Waals surface area contributed by atoms with Crippen molar-refractivity contribution in [1.29, 1.82) is 0 Å². The first-order valence-electron chi connectivity index (χ1n) is 9.27. The van der Waals surface area contributed by atoms with E-state index >= 15 is 0 Å². The molecule has 1 atom stereocenters. The zero-order valence-electron chi connectivity index (χ0n) is 15.4. The summed E-state index contributed by atoms with van der Waals surface area (Å²) in [7, 11) is 0. The highest BCUT2D eigenvalue weighted by Gasteiger charge is 2.23. The maximum atomic E-state index is 6.19. The van der Waals surface area contributed by atoms with Crippen molar-refractivity contribution in [2.24, 2.45) is 0 Å². The number of aryl methyl sites for hydroxylation is 2. The molecule has 136 valence electrons. The third-order valence-electron chi connectivity index (χ3n) is 5.00. The van der Waals surface area contributed by atoms with Gasteiger partial charge in [-0.05, 0) is 26.3 Å². The van der Waals surface area contributed by atoms with Crippen LogP contribution in [-0.2, 0) is 13.0 Å². The Kier molecular flexibility index (Phi) is 4.55. The summed E-state index contributed by atoms with van der Waals surface area (Å²) in [6.45, 7) is 6.98. The fourth-order valence-corrected chi connectivity index (χ4v) is 3.69. The van der Waals surface area contributed by atoms with Crippen molar-refractivity contribution >= 4 is 11.5 Å². The summed E-state index contributed by atoms with van der Waals surface area (Å²) in [5.41, 5.74) is 10.2. The molecule has 2 N–H and O–H groups in total. The summed E-state index contributed by atoms with van der Waals surface area (Å²) in [5.74, 6) is 1.94. The smallest absolute Gasteiger partial charge is 0.157 e. The average Bonchev–Trinajstić information content (AvgIpc) is 3.03. The van der Waals surface area contributed by atoms with Gasteiger partial charge in [-0.1, -0.05) is 6.92 Å². The van der Waals surface area contributed by atoms with Crippen molar-refractivity contribution < 1.29 is 0 Å². The monoisotopic (exact) mass is 351 g/mol. The van der Waals surface area contributed by atoms with Gasteiger partial charge in [-0.25, -0.2) is 15.0 Å². The Balaban J connectivity index is 1.51. The number of anilines is 1. The molecule has 0 aromatic carbocycles. The SMILES string of the molecule is CCc1ncc(CN2CCCC(c3cc(N)n4nc(C)cc4n3)C2)cn1. The number of nitrogens with zero attached hydrogens (tertiary/aromatic N) is 6. The summed E-state index contributed by atoms with van der Waals surface area (Å²) in [4.78, 5) is 16.1. The van der Waals surface area contributed by atoms with E-state index in [1.165, 1.54) is 0 Å². The molecule has 3 aromatic rings. The van der Waals surface area contributed by atoms with Crippen LogP contribution in [0.25, 0.3) is 5.65 Å². The van der Waals surface area contributed by atoms with Crippen LogP contribution in [0.5, 0.6) is 0 Å². The lowest BCUT2D eigenvalue weighted by atomic mass is 9.94. The van der Waals surface area contributed by atoms with Gasteiger partial charge in [-0.15, -0.1) is 0 Å². The summed E-state index contributed by atoms with van der Waals surface area (Å²) in [6.07, 6.45) is 7.07. The van der Waals surface area contributed by atoms with Crippen molar-refractivity contribution in [1.82, 2.24) is 29.5 Å². The molecule has 26 heavy (non-hydrogen) atoms. The van der Waals surface area contributed by atoms with Crippen LogP contribution in [-0.4, -0.2) is 42.6 Å². The van der Waals surface area contributed by atoms with Gasteiger partial charge in [0.25, 0.3) is 0 Å². The van der Waals surface area contributed by atoms with Crippen LogP contribution >= 0.6 is 0 Å². The van der Waals surface area contributed by atoms with E-state index in [1.54, 1.807) is 4.52 Å². The summed E-state index contributed by atoms with van der Waals surface area (Å²) in [6, 6.07) is 3.96. The molecule has 1 saturated heterocycles. The molecule has 0 radical (unpaired) electrons. The zero-order valence-corrected chi connectivity index (χ0v) is 15.4. The van der Waals surface area contributed by atoms with Gasteiger partial charge < -0.3 is 5.73 Å². The molecular formula is C19H25N7. The van der Waals surface area contributed by atoms with E-state index in [9.17, 15) is 0 Å². The Bertz CT molecular complexity index is 900. The highest BCUT2D eigenvalue weighted by Crippen LogP contribution is 2.28. The first-order valence-corrected chi connectivity index (χ1v) is 9.27. The predicted molar refractivity (Wildman–Crippen MR) is 101 cm³/mol. The summed E-state index contributed by atoms with van der Waals surface area (Å²) < 4.78 is 1.71. The molecule has 0 amide bonds. The Morgan fingerprint density at radius 2 is 2.04 bits per heavy atom. The Hall–Kier alpha value is -2.54. The van der Waals surface area contributed by atoms with Crippen LogP contribution < -0.4 is 5.73 Å². The minimum absolute atomic E-state index is 0.391. The van der Waals surface area contributed by atoms with Crippen LogP contribution in [0.15, 0.2) is 24.5 Å². The molecule has 4 rings (SSSR count). The second kappa shape index (κ2) is 6.99. The first kappa shape index (κ1) is 16.9. The van der Waals surface area contributed by atoms with Gasteiger partial charge in [0, 0.05) is 55.5 Å². The van der Waals surface area contributed by atoms with Crippen LogP contribution in [0.4, 0.5) is 5.82 Å². The van der Waals surface area contributed by atoms with E-state index in [4.69, 9.17) is 10.7 Å². The van der Waals surface area contributed by atoms with Crippen LogP contribution in [0.3, 0.4) is 0 Å². The molecule has 1 aliphatic heterocycles. The van der Waals surface area contributed by atoms with E-state index in [2.05, 4.69) is 26.9 Å². The molecule has 7 heteroatoms. The van der Waals surface area contributed by atoms with Crippen LogP contribution in [0, 0.1) is 6.92 Å². The molecule has 1 unspecified atom stereocenters. The Morgan fingerprint density at radius 3 is 2.81 bits per heavy atom. The Labute approximate surface area is 153 Å². The van der Waals surface area contributed by atoms with Gasteiger partial charge in [-0.3, -0.25) is 4.90 Å². The van der Waals surface area contributed by atoms with Gasteiger partial charge in [0.2, 0.25) is 0 Å². The fraction of sp³-hybridized carbons (Fsp3) is 0.474. The number of nitrogens with two attached hydrogens (primary N) is 1. The normalized spacial score (nSPS) is 18.5. The van der Waals surface area contributed by atoms with E-state index in [1.807, 2.05) is 31.5 Å². The average molecular weight is 351 g/mol. The van der Waals surface area contributed by atoms with E-state index in [0.29, 0.717) is 11.7 Å². The van der Waals surface area contributed by atoms with E-state index in [-0.39, 0.29) is 0 Å². The maximum absolute atomic E-state index is 6.19. The molecule has 0 bridgehead atoms. The van der Waals surface area contributed by atoms with Crippen molar-refractivity contribution in [3.63, 3.8) is 0 Å². The van der Waals surface area contributed by atoms with Gasteiger partial charge in [-0.2, -0.15) is 9.61 Å². The standard InChI is InChI=1S/C19H25N7/c1-3-18-21-9-14(10-22-18)11-25-6-4-5-15(12-25)16-8-17(20)26-19(23-16)7-13(2)24-26/h7-10,15H,3-6,11-12,20H2,1-2H3. The van der Waals surface area contributed by atoms with Crippen LogP contribution in [0.1, 0.15) is 48.5 Å². The van der Waals surface area contributed by atoms with E-state index in [0.717, 1.165) is 67.3 Å². The van der Waals surface area contributed by atoms with E-state index < -0.39 is 0 Å². The largest absolute Gasteiger partial charge is 0.384 e. The molecule has 4 heterocycles. The lowest BCUT2D eigenvalue weighted by molar-refractivity contribution is 0.198. The predicted octanol–water partition coefficient (Wildman–Crippen LogP) is 2.35. The molecule has 7 nitrogen and oxygen atoms in total. The molecule has 0 aliphatic carbocycles. The number of piperidine rings is 1. The molecule has 1 fully saturated rings. The highest BCUT2D eigenvalue weighted by atomic mass is 15.3.